The van der Waals surface area contributed by atoms with Crippen LogP contribution in [-0.2, 0) is 0 Å². The lowest BCUT2D eigenvalue weighted by atomic mass is 10.2. The van der Waals surface area contributed by atoms with Crippen molar-refractivity contribution in [2.75, 3.05) is 13.7 Å². The van der Waals surface area contributed by atoms with Gasteiger partial charge in [0, 0.05) is 6.21 Å². The highest BCUT2D eigenvalue weighted by Crippen LogP contribution is 2.26. The van der Waals surface area contributed by atoms with Gasteiger partial charge >= 0.3 is 0 Å². The Hall–Kier alpha value is -2.29. The second-order valence-corrected chi connectivity index (χ2v) is 3.93. The quantitative estimate of drug-likeness (QED) is 0.760. The van der Waals surface area contributed by atoms with E-state index in [0.717, 1.165) is 22.7 Å². The van der Waals surface area contributed by atoms with Crippen molar-refractivity contribution in [2.24, 2.45) is 4.99 Å². The van der Waals surface area contributed by atoms with Crippen molar-refractivity contribution in [3.63, 3.8) is 0 Å². The Labute approximate surface area is 113 Å². The van der Waals surface area contributed by atoms with E-state index in [9.17, 15) is 0 Å². The highest BCUT2D eigenvalue weighted by molar-refractivity contribution is 5.82. The molecular formula is C16H17NO2. The molecule has 0 heterocycles. The van der Waals surface area contributed by atoms with Crippen molar-refractivity contribution in [3.05, 3.63) is 54.1 Å². The molecule has 2 aromatic rings. The lowest BCUT2D eigenvalue weighted by Gasteiger charge is -2.03. The molecule has 0 saturated heterocycles. The summed E-state index contributed by atoms with van der Waals surface area (Å²) in [5.74, 6) is 1.64. The van der Waals surface area contributed by atoms with Crippen LogP contribution in [0, 0.1) is 0 Å². The van der Waals surface area contributed by atoms with Crippen molar-refractivity contribution in [1.29, 1.82) is 0 Å². The minimum absolute atomic E-state index is 0.675. The Kier molecular flexibility index (Phi) is 4.56. The fraction of sp³-hybridized carbons (Fsp3) is 0.188. The van der Waals surface area contributed by atoms with Crippen LogP contribution in [0.1, 0.15) is 12.5 Å². The fourth-order valence-electron chi connectivity index (χ4n) is 1.70. The largest absolute Gasteiger partial charge is 0.494 e. The highest BCUT2D eigenvalue weighted by Gasteiger charge is 1.98. The molecule has 3 heteroatoms. The molecule has 0 unspecified atom stereocenters. The van der Waals surface area contributed by atoms with Crippen LogP contribution in [0.5, 0.6) is 11.5 Å². The number of nitrogens with zero attached hydrogens (tertiary/aromatic N) is 1. The zero-order valence-electron chi connectivity index (χ0n) is 11.2. The van der Waals surface area contributed by atoms with E-state index in [0.29, 0.717) is 6.61 Å². The number of methoxy groups -OCH3 is 1. The van der Waals surface area contributed by atoms with Gasteiger partial charge in [0.1, 0.15) is 17.2 Å². The molecule has 3 nitrogen and oxygen atoms in total. The van der Waals surface area contributed by atoms with Gasteiger partial charge < -0.3 is 9.47 Å². The molecule has 0 spiro atoms. The van der Waals surface area contributed by atoms with E-state index in [2.05, 4.69) is 4.99 Å². The van der Waals surface area contributed by atoms with Crippen molar-refractivity contribution >= 4 is 11.9 Å². The minimum Gasteiger partial charge on any atom is -0.494 e. The number of ether oxygens (including phenoxy) is 2. The minimum atomic E-state index is 0.675. The van der Waals surface area contributed by atoms with Gasteiger partial charge in [-0.1, -0.05) is 12.1 Å². The average Bonchev–Trinajstić information content (AvgIpc) is 2.47. The van der Waals surface area contributed by atoms with E-state index >= 15 is 0 Å². The van der Waals surface area contributed by atoms with Gasteiger partial charge in [0.15, 0.2) is 0 Å². The maximum absolute atomic E-state index is 5.40. The van der Waals surface area contributed by atoms with Crippen LogP contribution in [0.4, 0.5) is 5.69 Å². The second kappa shape index (κ2) is 6.59. The molecule has 0 aliphatic rings. The normalized spacial score (nSPS) is 10.6. The number of hydrogen-bond acceptors (Lipinski definition) is 3. The number of benzene rings is 2. The third-order valence-corrected chi connectivity index (χ3v) is 2.63. The predicted octanol–water partition coefficient (Wildman–Crippen LogP) is 3.84. The summed E-state index contributed by atoms with van der Waals surface area (Å²) < 4.78 is 10.6. The molecule has 0 amide bonds. The van der Waals surface area contributed by atoms with Gasteiger partial charge in [-0.15, -0.1) is 0 Å². The third kappa shape index (κ3) is 3.58. The summed E-state index contributed by atoms with van der Waals surface area (Å²) in [6, 6.07) is 15.5. The molecule has 2 aromatic carbocycles. The molecule has 98 valence electrons. The average molecular weight is 255 g/mol. The fourth-order valence-corrected chi connectivity index (χ4v) is 1.70. The topological polar surface area (TPSA) is 30.8 Å². The van der Waals surface area contributed by atoms with Crippen molar-refractivity contribution in [2.45, 2.75) is 6.92 Å². The first kappa shape index (κ1) is 13.1. The number of aliphatic imine (C=N–C) groups is 1. The Morgan fingerprint density at radius 2 is 1.79 bits per heavy atom. The first-order valence-corrected chi connectivity index (χ1v) is 6.23. The summed E-state index contributed by atoms with van der Waals surface area (Å²) in [4.78, 5) is 4.43. The molecule has 0 aromatic heterocycles. The second-order valence-electron chi connectivity index (χ2n) is 3.93. The molecule has 0 radical (unpaired) electrons. The molecule has 2 rings (SSSR count). The molecule has 0 aliphatic heterocycles. The lowest BCUT2D eigenvalue weighted by molar-refractivity contribution is 0.340. The van der Waals surface area contributed by atoms with Gasteiger partial charge in [-0.2, -0.15) is 0 Å². The predicted molar refractivity (Wildman–Crippen MR) is 77.9 cm³/mol. The summed E-state index contributed by atoms with van der Waals surface area (Å²) >= 11 is 0. The van der Waals surface area contributed by atoms with Gasteiger partial charge in [0.05, 0.1) is 13.7 Å². The summed E-state index contributed by atoms with van der Waals surface area (Å²) in [6.07, 6.45) is 1.81. The molecule has 0 atom stereocenters. The van der Waals surface area contributed by atoms with Crippen LogP contribution in [0.25, 0.3) is 0 Å². The van der Waals surface area contributed by atoms with E-state index in [4.69, 9.17) is 9.47 Å². The summed E-state index contributed by atoms with van der Waals surface area (Å²) in [5.41, 5.74) is 1.84. The smallest absolute Gasteiger partial charge is 0.144 e. The van der Waals surface area contributed by atoms with Crippen LogP contribution in [-0.4, -0.2) is 19.9 Å². The van der Waals surface area contributed by atoms with Gasteiger partial charge in [0.2, 0.25) is 0 Å². The SMILES string of the molecule is CCOc1ccc(/C=N/c2ccccc2OC)cc1. The maximum Gasteiger partial charge on any atom is 0.144 e. The first-order valence-electron chi connectivity index (χ1n) is 6.23. The number of hydrogen-bond donors (Lipinski definition) is 0. The Morgan fingerprint density at radius 3 is 2.47 bits per heavy atom. The zero-order valence-corrected chi connectivity index (χ0v) is 11.2. The maximum atomic E-state index is 5.40. The van der Waals surface area contributed by atoms with E-state index in [-0.39, 0.29) is 0 Å². The Bertz CT molecular complexity index is 547. The highest BCUT2D eigenvalue weighted by atomic mass is 16.5. The molecular weight excluding hydrogens is 238 g/mol. The lowest BCUT2D eigenvalue weighted by Crippen LogP contribution is -1.91. The standard InChI is InChI=1S/C16H17NO2/c1-3-19-14-10-8-13(9-11-14)12-17-15-6-4-5-7-16(15)18-2/h4-12H,3H2,1-2H3/b17-12+. The van der Waals surface area contributed by atoms with E-state index in [1.807, 2.05) is 61.7 Å². The van der Waals surface area contributed by atoms with Crippen LogP contribution < -0.4 is 9.47 Å². The zero-order chi connectivity index (χ0) is 13.5. The van der Waals surface area contributed by atoms with E-state index in [1.165, 1.54) is 0 Å². The van der Waals surface area contributed by atoms with Gasteiger partial charge in [0.25, 0.3) is 0 Å². The van der Waals surface area contributed by atoms with E-state index < -0.39 is 0 Å². The third-order valence-electron chi connectivity index (χ3n) is 2.63. The Morgan fingerprint density at radius 1 is 1.05 bits per heavy atom. The molecule has 19 heavy (non-hydrogen) atoms. The molecule has 0 saturated carbocycles. The van der Waals surface area contributed by atoms with Crippen molar-refractivity contribution in [3.8, 4) is 11.5 Å². The van der Waals surface area contributed by atoms with Crippen molar-refractivity contribution < 1.29 is 9.47 Å². The van der Waals surface area contributed by atoms with Crippen molar-refractivity contribution in [1.82, 2.24) is 0 Å². The van der Waals surface area contributed by atoms with Crippen LogP contribution in [0.15, 0.2) is 53.5 Å². The molecule has 0 bridgehead atoms. The first-order chi connectivity index (χ1) is 9.33. The molecule has 0 fully saturated rings. The van der Waals surface area contributed by atoms with Crippen LogP contribution in [0.2, 0.25) is 0 Å². The van der Waals surface area contributed by atoms with Crippen LogP contribution in [0.3, 0.4) is 0 Å². The molecule has 0 aliphatic carbocycles. The van der Waals surface area contributed by atoms with Gasteiger partial charge in [-0.25, -0.2) is 0 Å². The summed E-state index contributed by atoms with van der Waals surface area (Å²) in [6.45, 7) is 2.64. The summed E-state index contributed by atoms with van der Waals surface area (Å²) in [5, 5.41) is 0. The Balaban J connectivity index is 2.13. The molecule has 0 N–H and O–H groups in total. The van der Waals surface area contributed by atoms with E-state index in [1.54, 1.807) is 7.11 Å². The monoisotopic (exact) mass is 255 g/mol. The van der Waals surface area contributed by atoms with Crippen LogP contribution >= 0.6 is 0 Å². The van der Waals surface area contributed by atoms with Gasteiger partial charge in [-0.3, -0.25) is 4.99 Å². The summed E-state index contributed by atoms with van der Waals surface area (Å²) in [7, 11) is 1.64. The number of para-hydroxylation sites is 2. The van der Waals surface area contributed by atoms with Gasteiger partial charge in [-0.05, 0) is 48.9 Å². The number of rotatable bonds is 5.